The van der Waals surface area contributed by atoms with Crippen molar-refractivity contribution < 1.29 is 9.84 Å². The van der Waals surface area contributed by atoms with Gasteiger partial charge in [-0.15, -0.1) is 0 Å². The molecule has 0 aromatic heterocycles. The van der Waals surface area contributed by atoms with Crippen LogP contribution in [0.2, 0.25) is 0 Å². The molecule has 0 aliphatic carbocycles. The highest BCUT2D eigenvalue weighted by molar-refractivity contribution is 4.80. The van der Waals surface area contributed by atoms with E-state index in [-0.39, 0.29) is 18.7 Å². The number of nitrogens with zero attached hydrogens (tertiary/aromatic N) is 1. The van der Waals surface area contributed by atoms with Crippen molar-refractivity contribution in [1.82, 2.24) is 4.90 Å². The average molecular weight is 218 g/mol. The van der Waals surface area contributed by atoms with Gasteiger partial charge in [-0.1, -0.05) is 20.3 Å². The van der Waals surface area contributed by atoms with Crippen LogP contribution in [-0.2, 0) is 4.74 Å². The first kappa shape index (κ1) is 14.8. The van der Waals surface area contributed by atoms with E-state index in [1.807, 2.05) is 0 Å². The zero-order chi connectivity index (χ0) is 11.7. The van der Waals surface area contributed by atoms with Crippen LogP contribution >= 0.6 is 0 Å². The van der Waals surface area contributed by atoms with Gasteiger partial charge in [-0.3, -0.25) is 4.90 Å². The molecule has 92 valence electrons. The minimum Gasteiger partial charge on any atom is -0.395 e. The summed E-state index contributed by atoms with van der Waals surface area (Å²) in [7, 11) is 1.69. The van der Waals surface area contributed by atoms with Crippen LogP contribution in [0.15, 0.2) is 0 Å². The third-order valence-electron chi connectivity index (χ3n) is 2.76. The molecule has 2 atom stereocenters. The normalized spacial score (nSPS) is 15.6. The van der Waals surface area contributed by atoms with Crippen molar-refractivity contribution in [3.8, 4) is 0 Å². The lowest BCUT2D eigenvalue weighted by Crippen LogP contribution is -2.51. The van der Waals surface area contributed by atoms with Crippen LogP contribution in [0.4, 0.5) is 0 Å². The van der Waals surface area contributed by atoms with Gasteiger partial charge in [-0.05, 0) is 13.0 Å². The van der Waals surface area contributed by atoms with Crippen molar-refractivity contribution >= 4 is 0 Å². The van der Waals surface area contributed by atoms with E-state index in [9.17, 15) is 5.11 Å². The van der Waals surface area contributed by atoms with Gasteiger partial charge in [0, 0.05) is 25.7 Å². The summed E-state index contributed by atoms with van der Waals surface area (Å²) in [5, 5.41) is 9.36. The molecule has 0 aromatic carbocycles. The number of ether oxygens (including phenoxy) is 1. The molecule has 15 heavy (non-hydrogen) atoms. The summed E-state index contributed by atoms with van der Waals surface area (Å²) >= 11 is 0. The Morgan fingerprint density at radius 2 is 2.07 bits per heavy atom. The molecule has 0 saturated carbocycles. The number of hydrogen-bond acceptors (Lipinski definition) is 4. The zero-order valence-corrected chi connectivity index (χ0v) is 10.3. The van der Waals surface area contributed by atoms with Gasteiger partial charge < -0.3 is 15.6 Å². The van der Waals surface area contributed by atoms with Crippen LogP contribution in [-0.4, -0.2) is 55.5 Å². The monoisotopic (exact) mass is 218 g/mol. The second-order valence-electron chi connectivity index (χ2n) is 3.82. The smallest absolute Gasteiger partial charge is 0.0601 e. The van der Waals surface area contributed by atoms with Gasteiger partial charge in [0.2, 0.25) is 0 Å². The molecule has 0 aliphatic heterocycles. The first-order valence-corrected chi connectivity index (χ1v) is 5.80. The Balaban J connectivity index is 4.18. The van der Waals surface area contributed by atoms with Gasteiger partial charge in [-0.25, -0.2) is 0 Å². The minimum atomic E-state index is 0.0526. The largest absolute Gasteiger partial charge is 0.395 e. The molecular formula is C11H26N2O2. The van der Waals surface area contributed by atoms with E-state index in [1.165, 1.54) is 0 Å². The van der Waals surface area contributed by atoms with Crippen molar-refractivity contribution in [2.45, 2.75) is 38.8 Å². The molecule has 0 bridgehead atoms. The van der Waals surface area contributed by atoms with E-state index >= 15 is 0 Å². The SMILES string of the molecule is CCCC(N)C(CO)N(CC)CCOC. The summed E-state index contributed by atoms with van der Waals surface area (Å²) in [4.78, 5) is 2.18. The fraction of sp³-hybridized carbons (Fsp3) is 1.00. The Bertz CT molecular complexity index is 145. The predicted molar refractivity (Wildman–Crippen MR) is 62.9 cm³/mol. The van der Waals surface area contributed by atoms with Crippen molar-refractivity contribution in [1.29, 1.82) is 0 Å². The fourth-order valence-corrected chi connectivity index (χ4v) is 1.81. The molecule has 0 amide bonds. The van der Waals surface area contributed by atoms with Crippen LogP contribution in [0, 0.1) is 0 Å². The van der Waals surface area contributed by atoms with E-state index in [4.69, 9.17) is 10.5 Å². The van der Waals surface area contributed by atoms with Gasteiger partial charge >= 0.3 is 0 Å². The van der Waals surface area contributed by atoms with E-state index < -0.39 is 0 Å². The molecule has 2 unspecified atom stereocenters. The molecule has 0 rings (SSSR count). The zero-order valence-electron chi connectivity index (χ0n) is 10.3. The third-order valence-corrected chi connectivity index (χ3v) is 2.76. The first-order valence-electron chi connectivity index (χ1n) is 5.80. The summed E-state index contributed by atoms with van der Waals surface area (Å²) < 4.78 is 5.04. The highest BCUT2D eigenvalue weighted by Crippen LogP contribution is 2.07. The molecule has 0 saturated heterocycles. The summed E-state index contributed by atoms with van der Waals surface area (Å²) in [5.41, 5.74) is 6.04. The number of methoxy groups -OCH3 is 1. The molecule has 0 spiro atoms. The molecule has 0 heterocycles. The topological polar surface area (TPSA) is 58.7 Å². The van der Waals surface area contributed by atoms with Crippen LogP contribution < -0.4 is 5.73 Å². The predicted octanol–water partition coefficient (Wildman–Crippen LogP) is 0.443. The maximum Gasteiger partial charge on any atom is 0.0601 e. The second kappa shape index (κ2) is 9.09. The minimum absolute atomic E-state index is 0.0526. The highest BCUT2D eigenvalue weighted by Gasteiger charge is 2.22. The number of aliphatic hydroxyl groups is 1. The highest BCUT2D eigenvalue weighted by atomic mass is 16.5. The van der Waals surface area contributed by atoms with Crippen molar-refractivity contribution in [2.75, 3.05) is 33.4 Å². The molecule has 4 heteroatoms. The van der Waals surface area contributed by atoms with E-state index in [0.717, 1.165) is 25.9 Å². The maximum absolute atomic E-state index is 9.36. The Hall–Kier alpha value is -0.160. The average Bonchev–Trinajstić information content (AvgIpc) is 2.24. The van der Waals surface area contributed by atoms with Gasteiger partial charge in [0.05, 0.1) is 13.2 Å². The third kappa shape index (κ3) is 5.47. The number of rotatable bonds is 9. The quantitative estimate of drug-likeness (QED) is 0.590. The van der Waals surface area contributed by atoms with Crippen LogP contribution in [0.5, 0.6) is 0 Å². The number of hydrogen-bond donors (Lipinski definition) is 2. The number of likely N-dealkylation sites (N-methyl/N-ethyl adjacent to an activating group) is 1. The second-order valence-corrected chi connectivity index (χ2v) is 3.82. The van der Waals surface area contributed by atoms with Gasteiger partial charge in [0.1, 0.15) is 0 Å². The van der Waals surface area contributed by atoms with Gasteiger partial charge in [-0.2, -0.15) is 0 Å². The summed E-state index contributed by atoms with van der Waals surface area (Å²) in [6.45, 7) is 6.72. The lowest BCUT2D eigenvalue weighted by atomic mass is 10.0. The lowest BCUT2D eigenvalue weighted by Gasteiger charge is -2.33. The van der Waals surface area contributed by atoms with Crippen LogP contribution in [0.1, 0.15) is 26.7 Å². The van der Waals surface area contributed by atoms with Crippen molar-refractivity contribution in [3.05, 3.63) is 0 Å². The molecule has 4 nitrogen and oxygen atoms in total. The van der Waals surface area contributed by atoms with E-state index in [0.29, 0.717) is 6.61 Å². The van der Waals surface area contributed by atoms with Gasteiger partial charge in [0.25, 0.3) is 0 Å². The molecule has 0 aromatic rings. The summed E-state index contributed by atoms with van der Waals surface area (Å²) in [5.74, 6) is 0. The number of nitrogens with two attached hydrogens (primary N) is 1. The molecule has 0 fully saturated rings. The fourth-order valence-electron chi connectivity index (χ4n) is 1.81. The first-order chi connectivity index (χ1) is 7.21. The van der Waals surface area contributed by atoms with Crippen molar-refractivity contribution in [3.63, 3.8) is 0 Å². The Labute approximate surface area is 93.4 Å². The summed E-state index contributed by atoms with van der Waals surface area (Å²) in [6.07, 6.45) is 2.01. The number of aliphatic hydroxyl groups excluding tert-OH is 1. The maximum atomic E-state index is 9.36. The Morgan fingerprint density at radius 1 is 1.40 bits per heavy atom. The Morgan fingerprint density at radius 3 is 2.47 bits per heavy atom. The van der Waals surface area contributed by atoms with Gasteiger partial charge in [0.15, 0.2) is 0 Å². The molecular weight excluding hydrogens is 192 g/mol. The Kier molecular flexibility index (Phi) is 9.00. The molecule has 3 N–H and O–H groups in total. The standard InChI is InChI=1S/C11H26N2O2/c1-4-6-10(12)11(9-14)13(5-2)7-8-15-3/h10-11,14H,4-9,12H2,1-3H3. The van der Waals surface area contributed by atoms with Crippen LogP contribution in [0.25, 0.3) is 0 Å². The van der Waals surface area contributed by atoms with Crippen molar-refractivity contribution in [2.24, 2.45) is 5.73 Å². The van der Waals surface area contributed by atoms with E-state index in [2.05, 4.69) is 18.7 Å². The molecule has 0 radical (unpaired) electrons. The summed E-state index contributed by atoms with van der Waals surface area (Å²) in [6, 6.07) is 0.113. The molecule has 0 aliphatic rings. The van der Waals surface area contributed by atoms with Crippen LogP contribution in [0.3, 0.4) is 0 Å². The van der Waals surface area contributed by atoms with E-state index in [1.54, 1.807) is 7.11 Å². The lowest BCUT2D eigenvalue weighted by molar-refractivity contribution is 0.0760.